The minimum Gasteiger partial charge on any atom is -0.481 e. The van der Waals surface area contributed by atoms with Gasteiger partial charge in [0.15, 0.2) is 0 Å². The van der Waals surface area contributed by atoms with E-state index in [0.717, 1.165) is 6.42 Å². The van der Waals surface area contributed by atoms with Gasteiger partial charge in [-0.05, 0) is 24.2 Å². The van der Waals surface area contributed by atoms with E-state index in [2.05, 4.69) is 26.1 Å². The van der Waals surface area contributed by atoms with Crippen LogP contribution in [0.3, 0.4) is 0 Å². The molecular weight excluding hydrogens is 244 g/mol. The lowest BCUT2D eigenvalue weighted by molar-refractivity contribution is -0.137. The molecule has 0 saturated carbocycles. The number of carbonyl (C=O) groups is 2. The molecule has 0 aliphatic heterocycles. The van der Waals surface area contributed by atoms with E-state index in [9.17, 15) is 9.59 Å². The predicted molar refractivity (Wildman–Crippen MR) is 75.7 cm³/mol. The van der Waals surface area contributed by atoms with Gasteiger partial charge in [-0.2, -0.15) is 0 Å². The van der Waals surface area contributed by atoms with Gasteiger partial charge in [-0.3, -0.25) is 9.59 Å². The smallest absolute Gasteiger partial charge is 0.303 e. The highest BCUT2D eigenvalue weighted by Crippen LogP contribution is 2.20. The minimum absolute atomic E-state index is 0.0566. The predicted octanol–water partition coefficient (Wildman–Crippen LogP) is 1.76. The van der Waals surface area contributed by atoms with E-state index in [0.29, 0.717) is 19.4 Å². The Labute approximate surface area is 115 Å². The van der Waals surface area contributed by atoms with Gasteiger partial charge in [0, 0.05) is 25.4 Å². The number of aliphatic carboxylic acids is 1. The maximum absolute atomic E-state index is 11.7. The van der Waals surface area contributed by atoms with Crippen LogP contribution in [0.25, 0.3) is 0 Å². The zero-order valence-electron chi connectivity index (χ0n) is 12.5. The first-order valence-electron chi connectivity index (χ1n) is 6.84. The van der Waals surface area contributed by atoms with Crippen molar-refractivity contribution in [3.8, 4) is 0 Å². The quantitative estimate of drug-likeness (QED) is 0.627. The summed E-state index contributed by atoms with van der Waals surface area (Å²) in [6.07, 6.45) is 1.84. The lowest BCUT2D eigenvalue weighted by Crippen LogP contribution is -2.35. The Bertz CT molecular complexity index is 298. The topological polar surface area (TPSA) is 92.4 Å². The molecule has 0 aliphatic carbocycles. The largest absolute Gasteiger partial charge is 0.481 e. The van der Waals surface area contributed by atoms with E-state index in [-0.39, 0.29) is 29.7 Å². The lowest BCUT2D eigenvalue weighted by Gasteiger charge is -2.23. The van der Waals surface area contributed by atoms with Gasteiger partial charge in [-0.25, -0.2) is 0 Å². The summed E-state index contributed by atoms with van der Waals surface area (Å²) in [5, 5.41) is 11.4. The van der Waals surface area contributed by atoms with Crippen molar-refractivity contribution in [2.24, 2.45) is 17.1 Å². The highest BCUT2D eigenvalue weighted by Gasteiger charge is 2.18. The van der Waals surface area contributed by atoms with Gasteiger partial charge < -0.3 is 16.2 Å². The summed E-state index contributed by atoms with van der Waals surface area (Å²) in [6, 6.07) is -0.130. The Morgan fingerprint density at radius 3 is 2.37 bits per heavy atom. The molecule has 0 spiro atoms. The van der Waals surface area contributed by atoms with Crippen molar-refractivity contribution in [1.29, 1.82) is 0 Å². The molecule has 0 aromatic carbocycles. The van der Waals surface area contributed by atoms with Crippen LogP contribution >= 0.6 is 0 Å². The monoisotopic (exact) mass is 272 g/mol. The number of carbonyl (C=O) groups excluding carboxylic acids is 1. The summed E-state index contributed by atoms with van der Waals surface area (Å²) >= 11 is 0. The van der Waals surface area contributed by atoms with Crippen molar-refractivity contribution >= 4 is 11.9 Å². The molecule has 0 bridgehead atoms. The fourth-order valence-corrected chi connectivity index (χ4v) is 1.93. The molecule has 5 nitrogen and oxygen atoms in total. The van der Waals surface area contributed by atoms with Crippen molar-refractivity contribution in [2.45, 2.75) is 59.4 Å². The molecular formula is C14H28N2O3. The third-order valence-corrected chi connectivity index (χ3v) is 2.82. The molecule has 0 aromatic heterocycles. The Morgan fingerprint density at radius 2 is 1.89 bits per heavy atom. The van der Waals surface area contributed by atoms with Crippen LogP contribution in [0.2, 0.25) is 0 Å². The van der Waals surface area contributed by atoms with E-state index < -0.39 is 5.97 Å². The van der Waals surface area contributed by atoms with Crippen LogP contribution in [0.1, 0.15) is 53.4 Å². The van der Waals surface area contributed by atoms with Crippen molar-refractivity contribution in [1.82, 2.24) is 5.32 Å². The number of hydrogen-bond donors (Lipinski definition) is 3. The summed E-state index contributed by atoms with van der Waals surface area (Å²) < 4.78 is 0. The molecule has 5 heteroatoms. The van der Waals surface area contributed by atoms with Crippen molar-refractivity contribution in [2.75, 3.05) is 6.54 Å². The Balaban J connectivity index is 3.83. The lowest BCUT2D eigenvalue weighted by atomic mass is 9.87. The van der Waals surface area contributed by atoms with Crippen LogP contribution in [0.15, 0.2) is 0 Å². The van der Waals surface area contributed by atoms with Gasteiger partial charge in [-0.1, -0.05) is 27.7 Å². The first-order chi connectivity index (χ1) is 8.60. The van der Waals surface area contributed by atoms with E-state index in [1.54, 1.807) is 0 Å². The highest BCUT2D eigenvalue weighted by molar-refractivity contribution is 5.76. The van der Waals surface area contributed by atoms with Gasteiger partial charge >= 0.3 is 5.97 Å². The normalized spacial score (nSPS) is 14.8. The average Bonchev–Trinajstić information content (AvgIpc) is 2.20. The number of nitrogens with two attached hydrogens (primary N) is 1. The zero-order chi connectivity index (χ0) is 15.1. The van der Waals surface area contributed by atoms with E-state index in [4.69, 9.17) is 10.8 Å². The molecule has 4 N–H and O–H groups in total. The number of nitrogens with one attached hydrogen (secondary N) is 1. The summed E-state index contributed by atoms with van der Waals surface area (Å²) in [5.74, 6) is -0.691. The fraction of sp³-hybridized carbons (Fsp3) is 0.857. The zero-order valence-corrected chi connectivity index (χ0v) is 12.5. The fourth-order valence-electron chi connectivity index (χ4n) is 1.93. The van der Waals surface area contributed by atoms with Crippen LogP contribution < -0.4 is 11.1 Å². The van der Waals surface area contributed by atoms with Crippen LogP contribution in [0.4, 0.5) is 0 Å². The summed E-state index contributed by atoms with van der Waals surface area (Å²) in [6.45, 7) is 8.73. The maximum Gasteiger partial charge on any atom is 0.303 e. The average molecular weight is 272 g/mol. The van der Waals surface area contributed by atoms with Gasteiger partial charge in [0.25, 0.3) is 0 Å². The van der Waals surface area contributed by atoms with Crippen LogP contribution in [-0.4, -0.2) is 29.6 Å². The third-order valence-electron chi connectivity index (χ3n) is 2.82. The molecule has 0 heterocycles. The molecule has 112 valence electrons. The van der Waals surface area contributed by atoms with Crippen molar-refractivity contribution in [3.05, 3.63) is 0 Å². The van der Waals surface area contributed by atoms with Gasteiger partial charge in [0.05, 0.1) is 0 Å². The van der Waals surface area contributed by atoms with Crippen LogP contribution in [0.5, 0.6) is 0 Å². The first-order valence-corrected chi connectivity index (χ1v) is 6.84. The molecule has 0 aliphatic rings. The number of rotatable bonds is 8. The van der Waals surface area contributed by atoms with Crippen LogP contribution in [0, 0.1) is 11.3 Å². The standard InChI is InChI=1S/C14H28N2O3/c1-10(5-6-13(18)19)9-16-12(17)7-11(15)8-14(2,3)4/h10-11H,5-9,15H2,1-4H3,(H,16,17)(H,18,19). The number of hydrogen-bond acceptors (Lipinski definition) is 3. The van der Waals surface area contributed by atoms with Crippen molar-refractivity contribution in [3.63, 3.8) is 0 Å². The van der Waals surface area contributed by atoms with E-state index in [1.165, 1.54) is 0 Å². The summed E-state index contributed by atoms with van der Waals surface area (Å²) in [7, 11) is 0. The van der Waals surface area contributed by atoms with E-state index in [1.807, 2.05) is 6.92 Å². The molecule has 0 radical (unpaired) electrons. The second-order valence-corrected chi connectivity index (χ2v) is 6.57. The summed E-state index contributed by atoms with van der Waals surface area (Å²) in [4.78, 5) is 22.1. The molecule has 2 atom stereocenters. The van der Waals surface area contributed by atoms with Gasteiger partial charge in [0.2, 0.25) is 5.91 Å². The highest BCUT2D eigenvalue weighted by atomic mass is 16.4. The Hall–Kier alpha value is -1.10. The van der Waals surface area contributed by atoms with Gasteiger partial charge in [-0.15, -0.1) is 0 Å². The molecule has 0 fully saturated rings. The molecule has 2 unspecified atom stereocenters. The second-order valence-electron chi connectivity index (χ2n) is 6.57. The second kappa shape index (κ2) is 8.15. The number of carboxylic acids is 1. The van der Waals surface area contributed by atoms with E-state index >= 15 is 0 Å². The molecule has 1 amide bonds. The Morgan fingerprint density at radius 1 is 1.32 bits per heavy atom. The maximum atomic E-state index is 11.7. The first kappa shape index (κ1) is 17.9. The van der Waals surface area contributed by atoms with Crippen LogP contribution in [-0.2, 0) is 9.59 Å². The van der Waals surface area contributed by atoms with Crippen molar-refractivity contribution < 1.29 is 14.7 Å². The number of amides is 1. The minimum atomic E-state index is -0.801. The molecule has 0 saturated heterocycles. The third kappa shape index (κ3) is 11.7. The number of carboxylic acid groups (broad SMARTS) is 1. The molecule has 0 aromatic rings. The molecule has 0 rings (SSSR count). The summed E-state index contributed by atoms with van der Waals surface area (Å²) in [5.41, 5.74) is 6.05. The SMILES string of the molecule is CC(CCC(=O)O)CNC(=O)CC(N)CC(C)(C)C. The van der Waals surface area contributed by atoms with Gasteiger partial charge in [0.1, 0.15) is 0 Å². The Kier molecular flexibility index (Phi) is 7.68. The molecule has 19 heavy (non-hydrogen) atoms.